The van der Waals surface area contributed by atoms with Gasteiger partial charge in [-0.05, 0) is 38.5 Å². The Kier molecular flexibility index (Phi) is 2.52. The molecule has 16 heavy (non-hydrogen) atoms. The highest BCUT2D eigenvalue weighted by Gasteiger charge is 2.57. The number of aliphatic carboxylic acids is 2. The summed E-state index contributed by atoms with van der Waals surface area (Å²) in [5, 5.41) is 18.3. The first kappa shape index (κ1) is 11.2. The van der Waals surface area contributed by atoms with Crippen molar-refractivity contribution in [1.29, 1.82) is 0 Å². The van der Waals surface area contributed by atoms with Gasteiger partial charge in [-0.2, -0.15) is 0 Å². The van der Waals surface area contributed by atoms with Crippen molar-refractivity contribution in [1.82, 2.24) is 0 Å². The van der Waals surface area contributed by atoms with E-state index in [1.807, 2.05) is 13.8 Å². The zero-order valence-corrected chi connectivity index (χ0v) is 9.43. The predicted molar refractivity (Wildman–Crippen MR) is 56.8 cm³/mol. The number of allylic oxidation sites excluding steroid dienone is 2. The van der Waals surface area contributed by atoms with Crippen LogP contribution in [0.3, 0.4) is 0 Å². The smallest absolute Gasteiger partial charge is 0.308 e. The van der Waals surface area contributed by atoms with Crippen LogP contribution in [-0.4, -0.2) is 22.2 Å². The lowest BCUT2D eigenvalue weighted by Crippen LogP contribution is -2.34. The van der Waals surface area contributed by atoms with E-state index in [0.717, 1.165) is 24.0 Å². The highest BCUT2D eigenvalue weighted by atomic mass is 16.4. The van der Waals surface area contributed by atoms with E-state index in [2.05, 4.69) is 0 Å². The molecule has 4 nitrogen and oxygen atoms in total. The van der Waals surface area contributed by atoms with Gasteiger partial charge in [0.15, 0.2) is 0 Å². The van der Waals surface area contributed by atoms with Gasteiger partial charge in [0.1, 0.15) is 0 Å². The van der Waals surface area contributed by atoms with Crippen LogP contribution < -0.4 is 0 Å². The normalized spacial score (nSPS) is 36.5. The second-order valence-corrected chi connectivity index (χ2v) is 4.97. The van der Waals surface area contributed by atoms with E-state index < -0.39 is 23.8 Å². The fourth-order valence-electron chi connectivity index (χ4n) is 3.58. The summed E-state index contributed by atoms with van der Waals surface area (Å²) in [4.78, 5) is 22.4. The van der Waals surface area contributed by atoms with Crippen LogP contribution >= 0.6 is 0 Å². The zero-order valence-electron chi connectivity index (χ0n) is 9.43. The monoisotopic (exact) mass is 224 g/mol. The van der Waals surface area contributed by atoms with Gasteiger partial charge in [-0.1, -0.05) is 11.1 Å². The Morgan fingerprint density at radius 1 is 1.00 bits per heavy atom. The molecule has 2 N–H and O–H groups in total. The lowest BCUT2D eigenvalue weighted by molar-refractivity contribution is -0.156. The molecule has 0 aromatic rings. The van der Waals surface area contributed by atoms with Crippen LogP contribution in [0.25, 0.3) is 0 Å². The molecule has 88 valence electrons. The van der Waals surface area contributed by atoms with Gasteiger partial charge in [0.05, 0.1) is 11.8 Å². The summed E-state index contributed by atoms with van der Waals surface area (Å²) >= 11 is 0. The maximum Gasteiger partial charge on any atom is 0.308 e. The van der Waals surface area contributed by atoms with Crippen molar-refractivity contribution in [3.8, 4) is 0 Å². The quantitative estimate of drug-likeness (QED) is 0.701. The lowest BCUT2D eigenvalue weighted by atomic mass is 9.79. The Morgan fingerprint density at radius 3 is 1.62 bits per heavy atom. The van der Waals surface area contributed by atoms with Crippen molar-refractivity contribution in [2.45, 2.75) is 26.7 Å². The van der Waals surface area contributed by atoms with E-state index in [1.54, 1.807) is 0 Å². The van der Waals surface area contributed by atoms with Crippen molar-refractivity contribution in [2.24, 2.45) is 23.7 Å². The van der Waals surface area contributed by atoms with Gasteiger partial charge in [0.25, 0.3) is 0 Å². The van der Waals surface area contributed by atoms with Crippen molar-refractivity contribution < 1.29 is 19.8 Å². The average Bonchev–Trinajstić information content (AvgIpc) is 2.70. The average molecular weight is 224 g/mol. The first-order valence-corrected chi connectivity index (χ1v) is 5.58. The first-order valence-electron chi connectivity index (χ1n) is 5.58. The van der Waals surface area contributed by atoms with Crippen LogP contribution in [-0.2, 0) is 9.59 Å². The minimum absolute atomic E-state index is 0.0476. The summed E-state index contributed by atoms with van der Waals surface area (Å²) in [6, 6.07) is 0. The van der Waals surface area contributed by atoms with Gasteiger partial charge in [0.2, 0.25) is 0 Å². The number of carboxylic acids is 2. The molecule has 0 unspecified atom stereocenters. The highest BCUT2D eigenvalue weighted by Crippen LogP contribution is 2.56. The maximum absolute atomic E-state index is 11.2. The molecule has 2 rings (SSSR count). The van der Waals surface area contributed by atoms with Crippen molar-refractivity contribution in [2.75, 3.05) is 0 Å². The number of carboxylic acid groups (broad SMARTS) is 2. The third-order valence-electron chi connectivity index (χ3n) is 3.99. The molecule has 2 bridgehead atoms. The van der Waals surface area contributed by atoms with E-state index >= 15 is 0 Å². The molecule has 0 radical (unpaired) electrons. The number of fused-ring (bicyclic) bond motifs is 2. The molecular weight excluding hydrogens is 208 g/mol. The van der Waals surface area contributed by atoms with Gasteiger partial charge in [-0.25, -0.2) is 0 Å². The van der Waals surface area contributed by atoms with Gasteiger partial charge >= 0.3 is 11.9 Å². The topological polar surface area (TPSA) is 74.6 Å². The van der Waals surface area contributed by atoms with Gasteiger partial charge in [-0.3, -0.25) is 9.59 Å². The third-order valence-corrected chi connectivity index (χ3v) is 3.99. The molecule has 0 spiro atoms. The molecule has 0 aromatic heterocycles. The molecule has 2 aliphatic rings. The van der Waals surface area contributed by atoms with E-state index in [-0.39, 0.29) is 11.8 Å². The summed E-state index contributed by atoms with van der Waals surface area (Å²) < 4.78 is 0. The number of hydrogen-bond donors (Lipinski definition) is 2. The van der Waals surface area contributed by atoms with Crippen LogP contribution in [0.15, 0.2) is 11.1 Å². The number of rotatable bonds is 2. The Balaban J connectivity index is 2.46. The van der Waals surface area contributed by atoms with Gasteiger partial charge in [-0.15, -0.1) is 0 Å². The Hall–Kier alpha value is -1.32. The standard InChI is InChI=1S/C12H16O4/c1-5(2)8-6-3-4-7(8)10(12(15)16)9(6)11(13)14/h6-7,9-10H,3-4H2,1-2H3,(H,13,14)(H,15,16)/t6-,7-,9-,10+/m1/s1. The van der Waals surface area contributed by atoms with Crippen molar-refractivity contribution >= 4 is 11.9 Å². The largest absolute Gasteiger partial charge is 0.481 e. The molecular formula is C12H16O4. The predicted octanol–water partition coefficient (Wildman–Crippen LogP) is 1.76. The molecule has 0 aromatic carbocycles. The van der Waals surface area contributed by atoms with E-state index in [4.69, 9.17) is 10.2 Å². The van der Waals surface area contributed by atoms with E-state index in [1.165, 1.54) is 0 Å². The van der Waals surface area contributed by atoms with Crippen molar-refractivity contribution in [3.05, 3.63) is 11.1 Å². The molecule has 2 aliphatic carbocycles. The second-order valence-electron chi connectivity index (χ2n) is 4.97. The molecule has 2 fully saturated rings. The van der Waals surface area contributed by atoms with Crippen LogP contribution in [0.2, 0.25) is 0 Å². The third kappa shape index (κ3) is 1.36. The Morgan fingerprint density at radius 2 is 1.38 bits per heavy atom. The van der Waals surface area contributed by atoms with E-state index in [9.17, 15) is 9.59 Å². The molecule has 2 saturated carbocycles. The molecule has 0 aliphatic heterocycles. The summed E-state index contributed by atoms with van der Waals surface area (Å²) in [7, 11) is 0. The molecule has 0 amide bonds. The van der Waals surface area contributed by atoms with Crippen LogP contribution in [0.5, 0.6) is 0 Å². The fraction of sp³-hybridized carbons (Fsp3) is 0.667. The summed E-state index contributed by atoms with van der Waals surface area (Å²) in [5.41, 5.74) is 2.20. The lowest BCUT2D eigenvalue weighted by Gasteiger charge is -2.23. The highest BCUT2D eigenvalue weighted by molar-refractivity contribution is 5.83. The van der Waals surface area contributed by atoms with Crippen LogP contribution in [0.4, 0.5) is 0 Å². The summed E-state index contributed by atoms with van der Waals surface area (Å²) in [6.45, 7) is 3.90. The van der Waals surface area contributed by atoms with Crippen molar-refractivity contribution in [3.63, 3.8) is 0 Å². The molecule has 4 heteroatoms. The molecule has 4 atom stereocenters. The van der Waals surface area contributed by atoms with Crippen LogP contribution in [0.1, 0.15) is 26.7 Å². The fourth-order valence-corrected chi connectivity index (χ4v) is 3.58. The Bertz CT molecular complexity index is 348. The zero-order chi connectivity index (χ0) is 12.0. The summed E-state index contributed by atoms with van der Waals surface area (Å²) in [6.07, 6.45) is 1.65. The molecule has 0 saturated heterocycles. The Labute approximate surface area is 94.0 Å². The SMILES string of the molecule is CC(C)=C1[C@H]2CC[C@H]1[C@@H](C(=O)O)[C@H]2C(=O)O. The maximum atomic E-state index is 11.2. The first-order chi connectivity index (χ1) is 7.45. The van der Waals surface area contributed by atoms with Gasteiger partial charge in [0, 0.05) is 0 Å². The summed E-state index contributed by atoms with van der Waals surface area (Å²) in [5.74, 6) is -3.46. The van der Waals surface area contributed by atoms with Gasteiger partial charge < -0.3 is 10.2 Å². The minimum atomic E-state index is -0.960. The van der Waals surface area contributed by atoms with Crippen LogP contribution in [0, 0.1) is 23.7 Å². The second kappa shape index (κ2) is 3.61. The number of hydrogen-bond acceptors (Lipinski definition) is 2. The molecule has 0 heterocycles. The minimum Gasteiger partial charge on any atom is -0.481 e. The number of carbonyl (C=O) groups is 2. The van der Waals surface area contributed by atoms with E-state index in [0.29, 0.717) is 0 Å².